The first-order valence-corrected chi connectivity index (χ1v) is 12.7. The average molecular weight is 535 g/mol. The summed E-state index contributed by atoms with van der Waals surface area (Å²) < 4.78 is 3.43. The van der Waals surface area contributed by atoms with Crippen molar-refractivity contribution in [1.29, 1.82) is 0 Å². The molecule has 9 nitrogen and oxygen atoms in total. The Bertz CT molecular complexity index is 1740. The fraction of sp³-hybridized carbons (Fsp3) is 0.0690. The second-order valence-electron chi connectivity index (χ2n) is 8.81. The van der Waals surface area contributed by atoms with Crippen LogP contribution in [-0.2, 0) is 6.42 Å². The van der Waals surface area contributed by atoms with Crippen LogP contribution in [0.1, 0.15) is 5.56 Å². The number of hydrogen-bond acceptors (Lipinski definition) is 5. The molecule has 3 heterocycles. The third-order valence-corrected chi connectivity index (χ3v) is 6.37. The van der Waals surface area contributed by atoms with Gasteiger partial charge in [-0.25, -0.2) is 19.1 Å². The third kappa shape index (κ3) is 5.48. The highest BCUT2D eigenvalue weighted by atomic mass is 35.5. The maximum Gasteiger partial charge on any atom is 0.319 e. The van der Waals surface area contributed by atoms with Crippen LogP contribution in [0, 0.1) is 0 Å². The maximum absolute atomic E-state index is 12.6. The van der Waals surface area contributed by atoms with Gasteiger partial charge in [-0.2, -0.15) is 10.2 Å². The number of amides is 2. The van der Waals surface area contributed by atoms with Crippen molar-refractivity contribution < 1.29 is 4.79 Å². The van der Waals surface area contributed by atoms with Gasteiger partial charge in [0.05, 0.1) is 46.7 Å². The molecule has 0 aliphatic rings. The van der Waals surface area contributed by atoms with Crippen molar-refractivity contribution in [2.75, 3.05) is 11.9 Å². The molecule has 2 amide bonds. The van der Waals surface area contributed by atoms with Crippen LogP contribution < -0.4 is 10.6 Å². The highest BCUT2D eigenvalue weighted by Crippen LogP contribution is 2.25. The number of anilines is 1. The minimum Gasteiger partial charge on any atom is -0.338 e. The molecule has 0 aliphatic carbocycles. The first kappa shape index (κ1) is 24.3. The molecule has 3 aromatic carbocycles. The number of aromatic nitrogens is 6. The molecule has 3 aromatic heterocycles. The van der Waals surface area contributed by atoms with E-state index in [1.165, 1.54) is 0 Å². The summed E-state index contributed by atoms with van der Waals surface area (Å²) in [7, 11) is 0. The van der Waals surface area contributed by atoms with E-state index >= 15 is 0 Å². The quantitative estimate of drug-likeness (QED) is 0.274. The lowest BCUT2D eigenvalue weighted by molar-refractivity contribution is 0.252. The van der Waals surface area contributed by atoms with Crippen LogP contribution in [0.15, 0.2) is 104 Å². The number of rotatable bonds is 7. The van der Waals surface area contributed by atoms with Crippen molar-refractivity contribution in [3.8, 4) is 22.8 Å². The van der Waals surface area contributed by atoms with Crippen molar-refractivity contribution >= 4 is 34.4 Å². The summed E-state index contributed by atoms with van der Waals surface area (Å²) >= 11 is 6.09. The summed E-state index contributed by atoms with van der Waals surface area (Å²) in [4.78, 5) is 21.6. The van der Waals surface area contributed by atoms with E-state index in [-0.39, 0.29) is 6.03 Å². The lowest BCUT2D eigenvalue weighted by Gasteiger charge is -2.06. The van der Waals surface area contributed by atoms with Gasteiger partial charge >= 0.3 is 6.03 Å². The SMILES string of the molecule is O=C(NCCc1cn(-c2ccccc2)nc1-c1ccc(Cl)cc1)Nc1cnn(-c2cnc3ccccc3n2)c1. The molecule has 2 N–H and O–H groups in total. The lowest BCUT2D eigenvalue weighted by Crippen LogP contribution is -2.30. The second kappa shape index (κ2) is 10.8. The standard InChI is InChI=1S/C29H23ClN8O/c30-22-12-10-20(11-13-22)28-21(18-37(36-28)24-6-2-1-3-7-24)14-15-31-29(39)34-23-16-33-38(19-23)27-17-32-25-8-4-5-9-26(25)35-27/h1-13,16-19H,14-15H2,(H2,31,34,39). The van der Waals surface area contributed by atoms with Gasteiger partial charge in [-0.05, 0) is 42.8 Å². The number of carbonyl (C=O) groups excluding carboxylic acids is 1. The topological polar surface area (TPSA) is 103 Å². The van der Waals surface area contributed by atoms with E-state index in [2.05, 4.69) is 25.7 Å². The summed E-state index contributed by atoms with van der Waals surface area (Å²) in [5.74, 6) is 0.562. The molecule has 0 radical (unpaired) electrons. The van der Waals surface area contributed by atoms with Gasteiger partial charge in [0, 0.05) is 28.9 Å². The van der Waals surface area contributed by atoms with E-state index in [9.17, 15) is 4.79 Å². The van der Waals surface area contributed by atoms with Crippen molar-refractivity contribution in [2.45, 2.75) is 6.42 Å². The molecule has 0 bridgehead atoms. The van der Waals surface area contributed by atoms with Crippen LogP contribution in [0.2, 0.25) is 5.02 Å². The van der Waals surface area contributed by atoms with Crippen LogP contribution in [0.3, 0.4) is 0 Å². The van der Waals surface area contributed by atoms with Crippen molar-refractivity contribution in [3.05, 3.63) is 114 Å². The van der Waals surface area contributed by atoms with Gasteiger partial charge in [0.1, 0.15) is 0 Å². The Labute approximate surface area is 229 Å². The van der Waals surface area contributed by atoms with Crippen LogP contribution in [-0.4, -0.2) is 42.1 Å². The van der Waals surface area contributed by atoms with Gasteiger partial charge in [-0.3, -0.25) is 4.98 Å². The van der Waals surface area contributed by atoms with Gasteiger partial charge in [-0.15, -0.1) is 0 Å². The molecule has 0 aliphatic heterocycles. The largest absolute Gasteiger partial charge is 0.338 e. The molecular formula is C29H23ClN8O. The van der Waals surface area contributed by atoms with Crippen LogP contribution in [0.5, 0.6) is 0 Å². The monoisotopic (exact) mass is 534 g/mol. The predicted molar refractivity (Wildman–Crippen MR) is 151 cm³/mol. The minimum absolute atomic E-state index is 0.331. The first-order chi connectivity index (χ1) is 19.1. The molecule has 10 heteroatoms. The van der Waals surface area contributed by atoms with E-state index in [1.807, 2.05) is 89.7 Å². The van der Waals surface area contributed by atoms with Crippen LogP contribution in [0.25, 0.3) is 33.8 Å². The first-order valence-electron chi connectivity index (χ1n) is 12.3. The van der Waals surface area contributed by atoms with E-state index in [4.69, 9.17) is 16.7 Å². The number of urea groups is 1. The molecule has 0 atom stereocenters. The van der Waals surface area contributed by atoms with Gasteiger partial charge in [0.15, 0.2) is 5.82 Å². The van der Waals surface area contributed by atoms with Crippen LogP contribution >= 0.6 is 11.6 Å². The van der Waals surface area contributed by atoms with Gasteiger partial charge in [-0.1, -0.05) is 54.1 Å². The van der Waals surface area contributed by atoms with Gasteiger partial charge in [0.25, 0.3) is 0 Å². The Balaban J connectivity index is 1.12. The van der Waals surface area contributed by atoms with Gasteiger partial charge in [0.2, 0.25) is 0 Å². The molecule has 39 heavy (non-hydrogen) atoms. The molecule has 0 fully saturated rings. The number of para-hydroxylation sites is 3. The molecule has 0 spiro atoms. The maximum atomic E-state index is 12.6. The number of hydrogen-bond donors (Lipinski definition) is 2. The van der Waals surface area contributed by atoms with Crippen molar-refractivity contribution in [3.63, 3.8) is 0 Å². The molecule has 0 unspecified atom stereocenters. The molecule has 192 valence electrons. The number of nitrogens with zero attached hydrogens (tertiary/aromatic N) is 6. The Morgan fingerprint density at radius 2 is 1.62 bits per heavy atom. The number of nitrogens with one attached hydrogen (secondary N) is 2. The fourth-order valence-electron chi connectivity index (χ4n) is 4.21. The predicted octanol–water partition coefficient (Wildman–Crippen LogP) is 5.69. The third-order valence-electron chi connectivity index (χ3n) is 6.12. The zero-order chi connectivity index (χ0) is 26.6. The molecule has 6 aromatic rings. The van der Waals surface area contributed by atoms with E-state index in [1.54, 1.807) is 23.3 Å². The van der Waals surface area contributed by atoms with E-state index in [0.29, 0.717) is 29.5 Å². The lowest BCUT2D eigenvalue weighted by atomic mass is 10.1. The average Bonchev–Trinajstić information content (AvgIpc) is 3.61. The Kier molecular flexibility index (Phi) is 6.71. The second-order valence-corrected chi connectivity index (χ2v) is 9.25. The highest BCUT2D eigenvalue weighted by Gasteiger charge is 2.13. The van der Waals surface area contributed by atoms with E-state index in [0.717, 1.165) is 33.5 Å². The smallest absolute Gasteiger partial charge is 0.319 e. The van der Waals surface area contributed by atoms with Crippen molar-refractivity contribution in [2.24, 2.45) is 0 Å². The number of benzene rings is 3. The Morgan fingerprint density at radius 3 is 2.44 bits per heavy atom. The number of halogens is 1. The zero-order valence-corrected chi connectivity index (χ0v) is 21.5. The summed E-state index contributed by atoms with van der Waals surface area (Å²) in [6.07, 6.45) is 7.49. The van der Waals surface area contributed by atoms with Crippen molar-refractivity contribution in [1.82, 2.24) is 34.8 Å². The Hall–Kier alpha value is -5.02. The zero-order valence-electron chi connectivity index (χ0n) is 20.7. The van der Waals surface area contributed by atoms with Crippen LogP contribution in [0.4, 0.5) is 10.5 Å². The highest BCUT2D eigenvalue weighted by molar-refractivity contribution is 6.30. The van der Waals surface area contributed by atoms with E-state index < -0.39 is 0 Å². The van der Waals surface area contributed by atoms with Gasteiger partial charge < -0.3 is 10.6 Å². The Morgan fingerprint density at radius 1 is 0.846 bits per heavy atom. The summed E-state index contributed by atoms with van der Waals surface area (Å²) in [6.45, 7) is 0.414. The fourth-order valence-corrected chi connectivity index (χ4v) is 4.34. The summed E-state index contributed by atoms with van der Waals surface area (Å²) in [5, 5.41) is 15.5. The normalized spacial score (nSPS) is 11.0. The molecule has 0 saturated carbocycles. The molecule has 6 rings (SSSR count). The molecule has 0 saturated heterocycles. The number of carbonyl (C=O) groups is 1. The molecular weight excluding hydrogens is 512 g/mol. The number of fused-ring (bicyclic) bond motifs is 1. The summed E-state index contributed by atoms with van der Waals surface area (Å²) in [6, 6.07) is 24.8. The summed E-state index contributed by atoms with van der Waals surface area (Å²) in [5.41, 5.74) is 5.88. The minimum atomic E-state index is -0.331.